The Labute approximate surface area is 109 Å². The van der Waals surface area contributed by atoms with Gasteiger partial charge in [-0.2, -0.15) is 0 Å². The van der Waals surface area contributed by atoms with Crippen LogP contribution in [0.5, 0.6) is 5.75 Å². The molecule has 1 aromatic rings. The normalized spacial score (nSPS) is 12.5. The zero-order valence-corrected chi connectivity index (χ0v) is 11.7. The van der Waals surface area contributed by atoms with Crippen molar-refractivity contribution in [2.45, 2.75) is 46.2 Å². The molecule has 0 bridgehead atoms. The van der Waals surface area contributed by atoms with Crippen LogP contribution in [0, 0.1) is 0 Å². The average molecular weight is 256 g/mol. The summed E-state index contributed by atoms with van der Waals surface area (Å²) >= 11 is 6.02. The number of rotatable bonds is 7. The van der Waals surface area contributed by atoms with Crippen LogP contribution >= 0.6 is 11.6 Å². The maximum Gasteiger partial charge on any atom is 0.123 e. The minimum atomic E-state index is 0.507. The number of nitrogens with one attached hydrogen (secondary N) is 1. The van der Waals surface area contributed by atoms with Gasteiger partial charge in [-0.25, -0.2) is 0 Å². The topological polar surface area (TPSA) is 21.3 Å². The van der Waals surface area contributed by atoms with Crippen molar-refractivity contribution >= 4 is 11.6 Å². The third kappa shape index (κ3) is 4.97. The van der Waals surface area contributed by atoms with Crippen molar-refractivity contribution in [3.8, 4) is 5.75 Å². The van der Waals surface area contributed by atoms with E-state index in [0.717, 1.165) is 42.3 Å². The number of hydrogen-bond donors (Lipinski definition) is 1. The first-order valence-corrected chi connectivity index (χ1v) is 6.69. The Hall–Kier alpha value is -0.730. The van der Waals surface area contributed by atoms with Crippen LogP contribution in [0.3, 0.4) is 0 Å². The minimum absolute atomic E-state index is 0.507. The molecule has 17 heavy (non-hydrogen) atoms. The van der Waals surface area contributed by atoms with Crippen LogP contribution in [0.15, 0.2) is 18.2 Å². The smallest absolute Gasteiger partial charge is 0.123 e. The first kappa shape index (κ1) is 14.3. The molecule has 0 heterocycles. The van der Waals surface area contributed by atoms with Gasteiger partial charge in [0.1, 0.15) is 5.75 Å². The van der Waals surface area contributed by atoms with Crippen LogP contribution in [0.2, 0.25) is 5.02 Å². The monoisotopic (exact) mass is 255 g/mol. The SMILES string of the molecule is CCCOc1ccc(Cl)cc1CNC(C)CC. The highest BCUT2D eigenvalue weighted by Crippen LogP contribution is 2.23. The Kier molecular flexibility index (Phi) is 6.38. The summed E-state index contributed by atoms with van der Waals surface area (Å²) in [6, 6.07) is 6.31. The summed E-state index contributed by atoms with van der Waals surface area (Å²) in [6.45, 7) is 8.00. The summed E-state index contributed by atoms with van der Waals surface area (Å²) in [6.07, 6.45) is 2.13. The van der Waals surface area contributed by atoms with E-state index < -0.39 is 0 Å². The lowest BCUT2D eigenvalue weighted by Crippen LogP contribution is -2.24. The Balaban J connectivity index is 2.69. The maximum atomic E-state index is 6.02. The van der Waals surface area contributed by atoms with Gasteiger partial charge in [0.15, 0.2) is 0 Å². The molecule has 3 heteroatoms. The molecule has 96 valence electrons. The summed E-state index contributed by atoms with van der Waals surface area (Å²) in [5.74, 6) is 0.937. The first-order chi connectivity index (χ1) is 8.17. The second-order valence-electron chi connectivity index (χ2n) is 4.29. The summed E-state index contributed by atoms with van der Waals surface area (Å²) in [4.78, 5) is 0. The molecule has 0 radical (unpaired) electrons. The minimum Gasteiger partial charge on any atom is -0.493 e. The standard InChI is InChI=1S/C14H22ClNO/c1-4-8-17-14-7-6-13(15)9-12(14)10-16-11(3)5-2/h6-7,9,11,16H,4-5,8,10H2,1-3H3. The average Bonchev–Trinajstić information content (AvgIpc) is 2.34. The van der Waals surface area contributed by atoms with Crippen molar-refractivity contribution in [1.29, 1.82) is 0 Å². The molecule has 2 nitrogen and oxygen atoms in total. The number of benzene rings is 1. The third-order valence-corrected chi connectivity index (χ3v) is 2.97. The van der Waals surface area contributed by atoms with Crippen LogP contribution in [-0.4, -0.2) is 12.6 Å². The second-order valence-corrected chi connectivity index (χ2v) is 4.73. The Morgan fingerprint density at radius 3 is 2.76 bits per heavy atom. The Bertz CT molecular complexity index is 341. The molecule has 0 spiro atoms. The lowest BCUT2D eigenvalue weighted by atomic mass is 10.1. The molecule has 1 unspecified atom stereocenters. The molecule has 0 saturated heterocycles. The molecule has 0 aliphatic carbocycles. The van der Waals surface area contributed by atoms with Gasteiger partial charge >= 0.3 is 0 Å². The third-order valence-electron chi connectivity index (χ3n) is 2.74. The second kappa shape index (κ2) is 7.57. The van der Waals surface area contributed by atoms with Crippen LogP contribution in [-0.2, 0) is 6.54 Å². The molecule has 0 saturated carbocycles. The van der Waals surface area contributed by atoms with Crippen molar-refractivity contribution in [2.24, 2.45) is 0 Å². The van der Waals surface area contributed by atoms with Gasteiger partial charge in [-0.1, -0.05) is 25.4 Å². The van der Waals surface area contributed by atoms with Gasteiger partial charge in [0.05, 0.1) is 6.61 Å². The molecule has 1 aromatic carbocycles. The predicted octanol–water partition coefficient (Wildman–Crippen LogP) is 4.02. The van der Waals surface area contributed by atoms with Crippen molar-refractivity contribution < 1.29 is 4.74 Å². The van der Waals surface area contributed by atoms with Crippen LogP contribution in [0.4, 0.5) is 0 Å². The summed E-state index contributed by atoms with van der Waals surface area (Å²) in [5.41, 5.74) is 1.13. The molecule has 0 fully saturated rings. The number of halogens is 1. The van der Waals surface area contributed by atoms with Gasteiger partial charge in [0, 0.05) is 23.2 Å². The van der Waals surface area contributed by atoms with Gasteiger partial charge in [-0.15, -0.1) is 0 Å². The Morgan fingerprint density at radius 1 is 1.35 bits per heavy atom. The lowest BCUT2D eigenvalue weighted by molar-refractivity contribution is 0.312. The van der Waals surface area contributed by atoms with E-state index in [1.807, 2.05) is 18.2 Å². The largest absolute Gasteiger partial charge is 0.493 e. The van der Waals surface area contributed by atoms with Crippen LogP contribution < -0.4 is 10.1 Å². The predicted molar refractivity (Wildman–Crippen MR) is 73.8 cm³/mol. The van der Waals surface area contributed by atoms with Crippen molar-refractivity contribution in [3.63, 3.8) is 0 Å². The van der Waals surface area contributed by atoms with Crippen molar-refractivity contribution in [1.82, 2.24) is 5.32 Å². The molecular formula is C14H22ClNO. The van der Waals surface area contributed by atoms with Gasteiger partial charge in [0.2, 0.25) is 0 Å². The van der Waals surface area contributed by atoms with E-state index in [1.165, 1.54) is 0 Å². The first-order valence-electron chi connectivity index (χ1n) is 6.32. The zero-order valence-electron chi connectivity index (χ0n) is 10.9. The Morgan fingerprint density at radius 2 is 2.12 bits per heavy atom. The van der Waals surface area contributed by atoms with Gasteiger partial charge in [-0.05, 0) is 38.0 Å². The quantitative estimate of drug-likeness (QED) is 0.795. The molecule has 1 rings (SSSR count). The highest BCUT2D eigenvalue weighted by atomic mass is 35.5. The van der Waals surface area contributed by atoms with E-state index in [4.69, 9.17) is 16.3 Å². The van der Waals surface area contributed by atoms with E-state index in [2.05, 4.69) is 26.1 Å². The van der Waals surface area contributed by atoms with Crippen LogP contribution in [0.1, 0.15) is 39.2 Å². The fraction of sp³-hybridized carbons (Fsp3) is 0.571. The van der Waals surface area contributed by atoms with E-state index >= 15 is 0 Å². The fourth-order valence-electron chi connectivity index (χ4n) is 1.47. The highest BCUT2D eigenvalue weighted by Gasteiger charge is 2.06. The van der Waals surface area contributed by atoms with Crippen molar-refractivity contribution in [3.05, 3.63) is 28.8 Å². The van der Waals surface area contributed by atoms with Gasteiger partial charge in [-0.3, -0.25) is 0 Å². The number of hydrogen-bond acceptors (Lipinski definition) is 2. The fourth-order valence-corrected chi connectivity index (χ4v) is 1.66. The van der Waals surface area contributed by atoms with Gasteiger partial charge < -0.3 is 10.1 Å². The van der Waals surface area contributed by atoms with E-state index in [-0.39, 0.29) is 0 Å². The van der Waals surface area contributed by atoms with E-state index in [0.29, 0.717) is 6.04 Å². The molecule has 0 aromatic heterocycles. The zero-order chi connectivity index (χ0) is 12.7. The van der Waals surface area contributed by atoms with E-state index in [9.17, 15) is 0 Å². The summed E-state index contributed by atoms with van der Waals surface area (Å²) in [5, 5.41) is 4.21. The lowest BCUT2D eigenvalue weighted by Gasteiger charge is -2.15. The van der Waals surface area contributed by atoms with E-state index in [1.54, 1.807) is 0 Å². The van der Waals surface area contributed by atoms with Crippen LogP contribution in [0.25, 0.3) is 0 Å². The van der Waals surface area contributed by atoms with Crippen molar-refractivity contribution in [2.75, 3.05) is 6.61 Å². The molecule has 0 amide bonds. The molecule has 0 aliphatic rings. The summed E-state index contributed by atoms with van der Waals surface area (Å²) in [7, 11) is 0. The molecule has 1 atom stereocenters. The number of ether oxygens (including phenoxy) is 1. The van der Waals surface area contributed by atoms with Gasteiger partial charge in [0.25, 0.3) is 0 Å². The summed E-state index contributed by atoms with van der Waals surface area (Å²) < 4.78 is 5.71. The maximum absolute atomic E-state index is 6.02. The molecule has 1 N–H and O–H groups in total. The molecule has 0 aliphatic heterocycles. The molecular weight excluding hydrogens is 234 g/mol. The highest BCUT2D eigenvalue weighted by molar-refractivity contribution is 6.30.